The molecule has 0 saturated carbocycles. The quantitative estimate of drug-likeness (QED) is 0.782. The topological polar surface area (TPSA) is 37.3 Å². The fraction of sp³-hybridized carbons (Fsp3) is 0.400. The van der Waals surface area contributed by atoms with Crippen molar-refractivity contribution in [2.45, 2.75) is 26.7 Å². The number of halogens is 1. The summed E-state index contributed by atoms with van der Waals surface area (Å²) in [7, 11) is 0. The first kappa shape index (κ1) is 14.4. The SMILES string of the molecule is CC(C)/C=C/C[C@@H](Cc1ccc(F)cc1)C(=O)O. The Morgan fingerprint density at radius 3 is 2.44 bits per heavy atom. The van der Waals surface area contributed by atoms with Gasteiger partial charge in [-0.25, -0.2) is 4.39 Å². The number of aliphatic carboxylic acids is 1. The summed E-state index contributed by atoms with van der Waals surface area (Å²) >= 11 is 0. The van der Waals surface area contributed by atoms with Crippen molar-refractivity contribution in [3.8, 4) is 0 Å². The van der Waals surface area contributed by atoms with E-state index in [1.54, 1.807) is 12.1 Å². The Morgan fingerprint density at radius 1 is 1.33 bits per heavy atom. The summed E-state index contributed by atoms with van der Waals surface area (Å²) in [5, 5.41) is 9.15. The summed E-state index contributed by atoms with van der Waals surface area (Å²) in [6.45, 7) is 4.10. The number of hydrogen-bond acceptors (Lipinski definition) is 1. The van der Waals surface area contributed by atoms with Crippen LogP contribution in [0.25, 0.3) is 0 Å². The van der Waals surface area contributed by atoms with Crippen molar-refractivity contribution in [3.05, 3.63) is 47.8 Å². The van der Waals surface area contributed by atoms with E-state index in [-0.39, 0.29) is 5.82 Å². The number of allylic oxidation sites excluding steroid dienone is 2. The predicted molar refractivity (Wildman–Crippen MR) is 69.8 cm³/mol. The van der Waals surface area contributed by atoms with Crippen molar-refractivity contribution in [3.63, 3.8) is 0 Å². The van der Waals surface area contributed by atoms with Crippen molar-refractivity contribution in [2.75, 3.05) is 0 Å². The molecule has 0 aliphatic carbocycles. The van der Waals surface area contributed by atoms with E-state index >= 15 is 0 Å². The predicted octanol–water partition coefficient (Wildman–Crippen LogP) is 3.67. The first-order chi connectivity index (χ1) is 8.49. The molecule has 1 atom stereocenters. The molecule has 0 aliphatic heterocycles. The van der Waals surface area contributed by atoms with Crippen LogP contribution in [0.4, 0.5) is 4.39 Å². The molecular formula is C15H19FO2. The van der Waals surface area contributed by atoms with Gasteiger partial charge in [-0.15, -0.1) is 0 Å². The average molecular weight is 250 g/mol. The van der Waals surface area contributed by atoms with Gasteiger partial charge in [-0.2, -0.15) is 0 Å². The molecule has 0 aliphatic rings. The van der Waals surface area contributed by atoms with Crippen molar-refractivity contribution in [2.24, 2.45) is 11.8 Å². The van der Waals surface area contributed by atoms with Crippen LogP contribution in [0.3, 0.4) is 0 Å². The van der Waals surface area contributed by atoms with Crippen LogP contribution in [0.5, 0.6) is 0 Å². The molecule has 0 radical (unpaired) electrons. The first-order valence-electron chi connectivity index (χ1n) is 6.13. The molecule has 1 aromatic rings. The second kappa shape index (κ2) is 6.94. The lowest BCUT2D eigenvalue weighted by Gasteiger charge is -2.10. The summed E-state index contributed by atoms with van der Waals surface area (Å²) in [4.78, 5) is 11.1. The summed E-state index contributed by atoms with van der Waals surface area (Å²) in [5.74, 6) is -1.14. The normalized spacial score (nSPS) is 13.1. The Kier molecular flexibility index (Phi) is 5.56. The number of carbonyl (C=O) groups is 1. The van der Waals surface area contributed by atoms with Gasteiger partial charge in [0.2, 0.25) is 0 Å². The van der Waals surface area contributed by atoms with Gasteiger partial charge >= 0.3 is 5.97 Å². The van der Waals surface area contributed by atoms with E-state index in [9.17, 15) is 9.18 Å². The Bertz CT molecular complexity index is 407. The molecule has 0 fully saturated rings. The van der Waals surface area contributed by atoms with Crippen LogP contribution in [0.15, 0.2) is 36.4 Å². The Morgan fingerprint density at radius 2 is 1.94 bits per heavy atom. The monoisotopic (exact) mass is 250 g/mol. The summed E-state index contributed by atoms with van der Waals surface area (Å²) in [5.41, 5.74) is 0.849. The zero-order valence-electron chi connectivity index (χ0n) is 10.8. The lowest BCUT2D eigenvalue weighted by Crippen LogP contribution is -2.15. The van der Waals surface area contributed by atoms with E-state index in [0.717, 1.165) is 5.56 Å². The van der Waals surface area contributed by atoms with Gasteiger partial charge in [-0.05, 0) is 36.5 Å². The van der Waals surface area contributed by atoms with Gasteiger partial charge in [-0.1, -0.05) is 38.1 Å². The maximum atomic E-state index is 12.7. The molecule has 0 saturated heterocycles. The number of benzene rings is 1. The van der Waals surface area contributed by atoms with Gasteiger partial charge < -0.3 is 5.11 Å². The number of rotatable bonds is 6. The Labute approximate surface area is 107 Å². The van der Waals surface area contributed by atoms with Crippen LogP contribution < -0.4 is 0 Å². The third-order valence-electron chi connectivity index (χ3n) is 2.69. The molecule has 98 valence electrons. The molecule has 0 aromatic heterocycles. The molecule has 0 heterocycles. The smallest absolute Gasteiger partial charge is 0.307 e. The van der Waals surface area contributed by atoms with Gasteiger partial charge in [0, 0.05) is 0 Å². The lowest BCUT2D eigenvalue weighted by molar-refractivity contribution is -0.141. The van der Waals surface area contributed by atoms with Crippen LogP contribution >= 0.6 is 0 Å². The van der Waals surface area contributed by atoms with E-state index in [0.29, 0.717) is 18.8 Å². The van der Waals surface area contributed by atoms with Crippen LogP contribution in [0.1, 0.15) is 25.8 Å². The highest BCUT2D eigenvalue weighted by Gasteiger charge is 2.16. The fourth-order valence-corrected chi connectivity index (χ4v) is 1.69. The minimum Gasteiger partial charge on any atom is -0.481 e. The zero-order chi connectivity index (χ0) is 13.5. The Balaban J connectivity index is 2.63. The highest BCUT2D eigenvalue weighted by Crippen LogP contribution is 2.14. The van der Waals surface area contributed by atoms with E-state index in [1.165, 1.54) is 12.1 Å². The van der Waals surface area contributed by atoms with Crippen molar-refractivity contribution in [1.29, 1.82) is 0 Å². The number of carboxylic acids is 1. The van der Waals surface area contributed by atoms with Gasteiger partial charge in [0.05, 0.1) is 5.92 Å². The number of hydrogen-bond donors (Lipinski definition) is 1. The minimum absolute atomic E-state index is 0.301. The second-order valence-electron chi connectivity index (χ2n) is 4.77. The molecule has 1 aromatic carbocycles. The molecule has 0 unspecified atom stereocenters. The molecule has 2 nitrogen and oxygen atoms in total. The molecule has 1 N–H and O–H groups in total. The minimum atomic E-state index is -0.812. The maximum absolute atomic E-state index is 12.7. The maximum Gasteiger partial charge on any atom is 0.307 e. The van der Waals surface area contributed by atoms with Crippen molar-refractivity contribution in [1.82, 2.24) is 0 Å². The summed E-state index contributed by atoms with van der Waals surface area (Å²) in [6, 6.07) is 5.99. The summed E-state index contributed by atoms with van der Waals surface area (Å²) < 4.78 is 12.7. The van der Waals surface area contributed by atoms with Crippen LogP contribution in [-0.4, -0.2) is 11.1 Å². The average Bonchev–Trinajstić information content (AvgIpc) is 2.30. The van der Waals surface area contributed by atoms with Crippen molar-refractivity contribution >= 4 is 5.97 Å². The molecule has 0 amide bonds. The third-order valence-corrected chi connectivity index (χ3v) is 2.69. The largest absolute Gasteiger partial charge is 0.481 e. The fourth-order valence-electron chi connectivity index (χ4n) is 1.69. The highest BCUT2D eigenvalue weighted by atomic mass is 19.1. The van der Waals surface area contributed by atoms with Gasteiger partial charge in [0.1, 0.15) is 5.82 Å². The zero-order valence-corrected chi connectivity index (χ0v) is 10.8. The third kappa shape index (κ3) is 5.13. The van der Waals surface area contributed by atoms with Crippen LogP contribution in [-0.2, 0) is 11.2 Å². The van der Waals surface area contributed by atoms with Crippen LogP contribution in [0, 0.1) is 17.7 Å². The first-order valence-corrected chi connectivity index (χ1v) is 6.13. The van der Waals surface area contributed by atoms with E-state index in [1.807, 2.05) is 26.0 Å². The standard InChI is InChI=1S/C15H19FO2/c1-11(2)4-3-5-13(15(17)18)10-12-6-8-14(16)9-7-12/h3-4,6-9,11,13H,5,10H2,1-2H3,(H,17,18)/b4-3+/t13-/m0/s1. The molecule has 0 spiro atoms. The Hall–Kier alpha value is -1.64. The second-order valence-corrected chi connectivity index (χ2v) is 4.77. The van der Waals surface area contributed by atoms with Gasteiger partial charge in [0.15, 0.2) is 0 Å². The number of carboxylic acid groups (broad SMARTS) is 1. The molecule has 1 rings (SSSR count). The van der Waals surface area contributed by atoms with E-state index in [4.69, 9.17) is 5.11 Å². The molecular weight excluding hydrogens is 231 g/mol. The molecule has 3 heteroatoms. The van der Waals surface area contributed by atoms with E-state index in [2.05, 4.69) is 0 Å². The van der Waals surface area contributed by atoms with Crippen LogP contribution in [0.2, 0.25) is 0 Å². The molecule has 0 bridgehead atoms. The lowest BCUT2D eigenvalue weighted by atomic mass is 9.95. The van der Waals surface area contributed by atoms with Gasteiger partial charge in [-0.3, -0.25) is 4.79 Å². The molecule has 18 heavy (non-hydrogen) atoms. The van der Waals surface area contributed by atoms with E-state index < -0.39 is 11.9 Å². The van der Waals surface area contributed by atoms with Crippen molar-refractivity contribution < 1.29 is 14.3 Å². The van der Waals surface area contributed by atoms with Gasteiger partial charge in [0.25, 0.3) is 0 Å². The highest BCUT2D eigenvalue weighted by molar-refractivity contribution is 5.70. The summed E-state index contributed by atoms with van der Waals surface area (Å²) in [6.07, 6.45) is 4.84.